The molecule has 0 bridgehead atoms. The molecule has 0 fully saturated rings. The molecule has 15 heavy (non-hydrogen) atoms. The maximum Gasteiger partial charge on any atom is 0.129 e. The molecule has 0 aromatic carbocycles. The molecule has 88 valence electrons. The number of carbonyl (C=O) groups excluding carboxylic acids is 1. The van der Waals surface area contributed by atoms with E-state index in [4.69, 9.17) is 0 Å². The van der Waals surface area contributed by atoms with Gasteiger partial charge in [-0.3, -0.25) is 0 Å². The van der Waals surface area contributed by atoms with Gasteiger partial charge in [-0.15, -0.1) is 0 Å². The second kappa shape index (κ2) is 6.78. The zero-order valence-corrected chi connectivity index (χ0v) is 10.5. The van der Waals surface area contributed by atoms with Crippen molar-refractivity contribution >= 4 is 5.78 Å². The molecule has 0 spiro atoms. The molecule has 1 N–H and O–H groups in total. The molecule has 0 saturated heterocycles. The third kappa shape index (κ3) is 9.67. The van der Waals surface area contributed by atoms with E-state index in [2.05, 4.69) is 19.9 Å². The topological polar surface area (TPSA) is 37.3 Å². The van der Waals surface area contributed by atoms with Gasteiger partial charge in [0.25, 0.3) is 0 Å². The number of hydrogen-bond acceptors (Lipinski definition) is 2. The van der Waals surface area contributed by atoms with E-state index < -0.39 is 5.60 Å². The normalized spacial score (nSPS) is 14.5. The lowest BCUT2D eigenvalue weighted by atomic mass is 9.93. The molecule has 0 aliphatic heterocycles. The van der Waals surface area contributed by atoms with Crippen molar-refractivity contribution in [2.24, 2.45) is 0 Å². The Morgan fingerprint density at radius 1 is 1.27 bits per heavy atom. The summed E-state index contributed by atoms with van der Waals surface area (Å²) in [7, 11) is 0. The summed E-state index contributed by atoms with van der Waals surface area (Å²) < 4.78 is 0. The fourth-order valence-corrected chi connectivity index (χ4v) is 1.51. The summed E-state index contributed by atoms with van der Waals surface area (Å²) in [5.74, 6) is 0.204. The van der Waals surface area contributed by atoms with Crippen LogP contribution in [0.25, 0.3) is 0 Å². The van der Waals surface area contributed by atoms with Crippen LogP contribution >= 0.6 is 0 Å². The number of hydrogen-bond donors (Lipinski definition) is 1. The summed E-state index contributed by atoms with van der Waals surface area (Å²) in [5.41, 5.74) is 0.663. The molecule has 2 nitrogen and oxygen atoms in total. The summed E-state index contributed by atoms with van der Waals surface area (Å²) in [6, 6.07) is 0. The minimum Gasteiger partial charge on any atom is -0.390 e. The third-order valence-corrected chi connectivity index (χ3v) is 2.48. The summed E-state index contributed by atoms with van der Waals surface area (Å²) in [5, 5.41) is 10.00. The fourth-order valence-electron chi connectivity index (χ4n) is 1.51. The van der Waals surface area contributed by atoms with Crippen LogP contribution in [0.1, 0.15) is 59.8 Å². The molecule has 2 heteroatoms. The molecule has 1 atom stereocenters. The summed E-state index contributed by atoms with van der Waals surface area (Å²) in [6.07, 6.45) is 5.91. The van der Waals surface area contributed by atoms with Gasteiger partial charge in [-0.1, -0.05) is 11.6 Å². The maximum absolute atomic E-state index is 10.7. The van der Waals surface area contributed by atoms with E-state index in [9.17, 15) is 9.90 Å². The molecule has 1 unspecified atom stereocenters. The van der Waals surface area contributed by atoms with Crippen LogP contribution in [0.4, 0.5) is 0 Å². The van der Waals surface area contributed by atoms with Crippen LogP contribution in [-0.4, -0.2) is 16.5 Å². The number of carbonyl (C=O) groups is 1. The van der Waals surface area contributed by atoms with E-state index in [1.54, 1.807) is 6.92 Å². The number of rotatable bonds is 7. The van der Waals surface area contributed by atoms with Gasteiger partial charge < -0.3 is 9.90 Å². The number of allylic oxidation sites excluding steroid dienone is 2. The molecule has 0 saturated carbocycles. The zero-order valence-electron chi connectivity index (χ0n) is 10.5. The summed E-state index contributed by atoms with van der Waals surface area (Å²) in [4.78, 5) is 10.7. The molecule has 0 aromatic rings. The van der Waals surface area contributed by atoms with Gasteiger partial charge >= 0.3 is 0 Å². The quantitative estimate of drug-likeness (QED) is 0.658. The van der Waals surface area contributed by atoms with Crippen LogP contribution in [0.2, 0.25) is 0 Å². The molecule has 0 rings (SSSR count). The molecule has 0 aromatic heterocycles. The van der Waals surface area contributed by atoms with Crippen LogP contribution in [0, 0.1) is 0 Å². The van der Waals surface area contributed by atoms with E-state index in [1.165, 1.54) is 5.57 Å². The SMILES string of the molecule is CC(=O)CCCC(C)(O)CCC=C(C)C. The van der Waals surface area contributed by atoms with Crippen molar-refractivity contribution in [1.82, 2.24) is 0 Å². The van der Waals surface area contributed by atoms with E-state index in [1.807, 2.05) is 6.92 Å². The summed E-state index contributed by atoms with van der Waals surface area (Å²) >= 11 is 0. The molecule has 0 heterocycles. The van der Waals surface area contributed by atoms with Crippen LogP contribution in [0.15, 0.2) is 11.6 Å². The van der Waals surface area contributed by atoms with Crippen molar-refractivity contribution < 1.29 is 9.90 Å². The van der Waals surface area contributed by atoms with E-state index in [0.717, 1.165) is 19.3 Å². The summed E-state index contributed by atoms with van der Waals surface area (Å²) in [6.45, 7) is 7.57. The Bertz CT molecular complexity index is 223. The highest BCUT2D eigenvalue weighted by Crippen LogP contribution is 2.20. The molecule has 0 radical (unpaired) electrons. The molecule has 0 amide bonds. The highest BCUT2D eigenvalue weighted by atomic mass is 16.3. The van der Waals surface area contributed by atoms with Crippen LogP contribution < -0.4 is 0 Å². The number of ketones is 1. The monoisotopic (exact) mass is 212 g/mol. The Morgan fingerprint density at radius 3 is 2.33 bits per heavy atom. The smallest absolute Gasteiger partial charge is 0.129 e. The van der Waals surface area contributed by atoms with E-state index in [0.29, 0.717) is 12.8 Å². The minimum atomic E-state index is -0.624. The van der Waals surface area contributed by atoms with Gasteiger partial charge in [0.1, 0.15) is 5.78 Å². The Kier molecular flexibility index (Phi) is 6.50. The van der Waals surface area contributed by atoms with Gasteiger partial charge in [0.15, 0.2) is 0 Å². The van der Waals surface area contributed by atoms with Crippen LogP contribution in [0.5, 0.6) is 0 Å². The fraction of sp³-hybridized carbons (Fsp3) is 0.769. The highest BCUT2D eigenvalue weighted by Gasteiger charge is 2.18. The van der Waals surface area contributed by atoms with Crippen molar-refractivity contribution in [3.63, 3.8) is 0 Å². The second-order valence-electron chi connectivity index (χ2n) is 4.87. The number of Topliss-reactive ketones (excluding diaryl/α,β-unsaturated/α-hetero) is 1. The third-order valence-electron chi connectivity index (χ3n) is 2.48. The van der Waals surface area contributed by atoms with Crippen molar-refractivity contribution in [2.45, 2.75) is 65.4 Å². The van der Waals surface area contributed by atoms with Crippen molar-refractivity contribution in [1.29, 1.82) is 0 Å². The predicted octanol–water partition coefficient (Wildman–Crippen LogP) is 3.24. The zero-order chi connectivity index (χ0) is 11.9. The van der Waals surface area contributed by atoms with Crippen molar-refractivity contribution in [3.8, 4) is 0 Å². The van der Waals surface area contributed by atoms with Gasteiger partial charge in [-0.05, 0) is 53.4 Å². The lowest BCUT2D eigenvalue weighted by molar-refractivity contribution is -0.117. The minimum absolute atomic E-state index is 0.204. The first kappa shape index (κ1) is 14.4. The first-order valence-electron chi connectivity index (χ1n) is 5.69. The Morgan fingerprint density at radius 2 is 1.87 bits per heavy atom. The van der Waals surface area contributed by atoms with Gasteiger partial charge in [0, 0.05) is 6.42 Å². The average Bonchev–Trinajstić information content (AvgIpc) is 2.01. The van der Waals surface area contributed by atoms with Crippen molar-refractivity contribution in [2.75, 3.05) is 0 Å². The molecule has 0 aliphatic rings. The van der Waals surface area contributed by atoms with Gasteiger partial charge in [0.05, 0.1) is 5.60 Å². The average molecular weight is 212 g/mol. The molecule has 0 aliphatic carbocycles. The largest absolute Gasteiger partial charge is 0.390 e. The molecular weight excluding hydrogens is 188 g/mol. The number of aliphatic hydroxyl groups is 1. The van der Waals surface area contributed by atoms with E-state index in [-0.39, 0.29) is 5.78 Å². The molecular formula is C13H24O2. The van der Waals surface area contributed by atoms with Crippen molar-refractivity contribution in [3.05, 3.63) is 11.6 Å². The Labute approximate surface area is 93.4 Å². The maximum atomic E-state index is 10.7. The van der Waals surface area contributed by atoms with Gasteiger partial charge in [-0.25, -0.2) is 0 Å². The first-order valence-corrected chi connectivity index (χ1v) is 5.69. The lowest BCUT2D eigenvalue weighted by Crippen LogP contribution is -2.23. The Hall–Kier alpha value is -0.630. The Balaban J connectivity index is 3.76. The standard InChI is InChI=1S/C13H24O2/c1-11(2)7-5-9-13(4,15)10-6-8-12(3)14/h7,15H,5-6,8-10H2,1-4H3. The second-order valence-corrected chi connectivity index (χ2v) is 4.87. The highest BCUT2D eigenvalue weighted by molar-refractivity contribution is 5.75. The van der Waals surface area contributed by atoms with E-state index >= 15 is 0 Å². The van der Waals surface area contributed by atoms with Gasteiger partial charge in [-0.2, -0.15) is 0 Å². The predicted molar refractivity (Wildman–Crippen MR) is 63.8 cm³/mol. The first-order chi connectivity index (χ1) is 6.83. The van der Waals surface area contributed by atoms with Gasteiger partial charge in [0.2, 0.25) is 0 Å². The van der Waals surface area contributed by atoms with Crippen LogP contribution in [-0.2, 0) is 4.79 Å². The lowest BCUT2D eigenvalue weighted by Gasteiger charge is -2.22. The van der Waals surface area contributed by atoms with Crippen LogP contribution in [0.3, 0.4) is 0 Å².